The molecule has 0 saturated carbocycles. The Morgan fingerprint density at radius 3 is 2.44 bits per heavy atom. The summed E-state index contributed by atoms with van der Waals surface area (Å²) in [4.78, 5) is 40.2. The summed E-state index contributed by atoms with van der Waals surface area (Å²) < 4.78 is 5.31. The van der Waals surface area contributed by atoms with Gasteiger partial charge in [-0.2, -0.15) is 11.8 Å². The van der Waals surface area contributed by atoms with Crippen LogP contribution in [-0.2, 0) is 14.3 Å². The predicted octanol–water partition coefficient (Wildman–Crippen LogP) is 3.80. The largest absolute Gasteiger partial charge is 0.508 e. The summed E-state index contributed by atoms with van der Waals surface area (Å²) in [7, 11) is 0. The molecule has 9 heteroatoms. The molecule has 8 nitrogen and oxygen atoms in total. The summed E-state index contributed by atoms with van der Waals surface area (Å²) in [5, 5.41) is 15.5. The number of carbonyl (C=O) groups is 3. The van der Waals surface area contributed by atoms with Crippen molar-refractivity contribution in [2.75, 3.05) is 12.0 Å². The van der Waals surface area contributed by atoms with Crippen molar-refractivity contribution < 1.29 is 24.2 Å². The number of benzene rings is 1. The Kier molecular flexibility index (Phi) is 11.8. The topological polar surface area (TPSA) is 108 Å². The minimum atomic E-state index is -1.19. The van der Waals surface area contributed by atoms with Crippen LogP contribution < -0.4 is 10.6 Å². The zero-order chi connectivity index (χ0) is 25.9. The molecule has 0 aliphatic heterocycles. The van der Waals surface area contributed by atoms with Crippen LogP contribution in [0, 0.1) is 12.5 Å². The molecule has 34 heavy (non-hydrogen) atoms. The molecule has 1 aromatic carbocycles. The molecule has 1 aromatic rings. The zero-order valence-electron chi connectivity index (χ0n) is 20.9. The fourth-order valence-corrected chi connectivity index (χ4v) is 3.79. The average molecular weight is 492 g/mol. The number of nitrogens with one attached hydrogen (secondary N) is 2. The van der Waals surface area contributed by atoms with E-state index in [0.717, 1.165) is 17.7 Å². The summed E-state index contributed by atoms with van der Waals surface area (Å²) >= 11 is 1.51. The number of terminal acetylenes is 1. The summed E-state index contributed by atoms with van der Waals surface area (Å²) in [6, 6.07) is 6.04. The van der Waals surface area contributed by atoms with Crippen molar-refractivity contribution in [3.8, 4) is 18.2 Å². The molecule has 0 spiro atoms. The molecule has 0 saturated heterocycles. The van der Waals surface area contributed by atoms with Gasteiger partial charge in [0.2, 0.25) is 5.91 Å². The van der Waals surface area contributed by atoms with Crippen molar-refractivity contribution in [3.63, 3.8) is 0 Å². The van der Waals surface area contributed by atoms with Crippen molar-refractivity contribution in [2.24, 2.45) is 0 Å². The van der Waals surface area contributed by atoms with Gasteiger partial charge in [-0.15, -0.1) is 0 Å². The smallest absolute Gasteiger partial charge is 0.408 e. The van der Waals surface area contributed by atoms with Crippen LogP contribution in [0.15, 0.2) is 24.3 Å². The van der Waals surface area contributed by atoms with Gasteiger partial charge in [-0.3, -0.25) is 14.5 Å². The number of phenolic OH excluding ortho intramolecular Hbond substituents is 1. The number of rotatable bonds is 11. The lowest BCUT2D eigenvalue weighted by atomic mass is 10.0. The van der Waals surface area contributed by atoms with Crippen LogP contribution in [0.4, 0.5) is 4.79 Å². The van der Waals surface area contributed by atoms with Crippen molar-refractivity contribution in [3.05, 3.63) is 29.8 Å². The van der Waals surface area contributed by atoms with Gasteiger partial charge in [0.05, 0.1) is 0 Å². The number of amides is 3. The van der Waals surface area contributed by atoms with Crippen LogP contribution in [-0.4, -0.2) is 57.6 Å². The third-order valence-corrected chi connectivity index (χ3v) is 5.42. The van der Waals surface area contributed by atoms with Crippen LogP contribution in [0.25, 0.3) is 0 Å². The minimum Gasteiger partial charge on any atom is -0.508 e. The van der Waals surface area contributed by atoms with Gasteiger partial charge in [-0.1, -0.05) is 31.9 Å². The normalized spacial score (nSPS) is 13.7. The maximum Gasteiger partial charge on any atom is 0.408 e. The number of ether oxygens (including phenoxy) is 1. The Labute approximate surface area is 207 Å². The van der Waals surface area contributed by atoms with E-state index in [1.165, 1.54) is 23.9 Å². The van der Waals surface area contributed by atoms with E-state index in [9.17, 15) is 19.5 Å². The van der Waals surface area contributed by atoms with Gasteiger partial charge in [0.1, 0.15) is 23.4 Å². The van der Waals surface area contributed by atoms with Crippen LogP contribution in [0.3, 0.4) is 0 Å². The quantitative estimate of drug-likeness (QED) is 0.321. The van der Waals surface area contributed by atoms with Crippen molar-refractivity contribution in [1.82, 2.24) is 15.5 Å². The predicted molar refractivity (Wildman–Crippen MR) is 135 cm³/mol. The Bertz CT molecular complexity index is 878. The van der Waals surface area contributed by atoms with Gasteiger partial charge >= 0.3 is 6.09 Å². The summed E-state index contributed by atoms with van der Waals surface area (Å²) in [5.41, 5.74) is -0.393. The van der Waals surface area contributed by atoms with Gasteiger partial charge in [0, 0.05) is 12.1 Å². The summed E-state index contributed by atoms with van der Waals surface area (Å²) in [6.45, 7) is 9.04. The molecule has 3 N–H and O–H groups in total. The monoisotopic (exact) mass is 491 g/mol. The number of phenols is 1. The van der Waals surface area contributed by atoms with Crippen LogP contribution in [0.1, 0.15) is 65.5 Å². The number of thioether (sulfide) groups is 1. The fraction of sp³-hybridized carbons (Fsp3) is 0.560. The molecule has 188 valence electrons. The Morgan fingerprint density at radius 1 is 1.24 bits per heavy atom. The van der Waals surface area contributed by atoms with Crippen LogP contribution in [0.5, 0.6) is 5.75 Å². The highest BCUT2D eigenvalue weighted by atomic mass is 32.2. The standard InChI is InChI=1S/C25H37N3O5S/c1-8-11-17(3)26-22(30)21(18-12-10-13-19(29)16-18)28(9-2)23(31)20(14-15-34-7)27-24(32)33-25(4,5)6/h2,10,12-13,16-17,20-21,29H,8,11,14-15H2,1,3-7H3,(H,26,30)(H,27,32). The first-order valence-corrected chi connectivity index (χ1v) is 12.7. The summed E-state index contributed by atoms with van der Waals surface area (Å²) in [6.07, 6.45) is 8.78. The molecule has 3 atom stereocenters. The molecule has 0 radical (unpaired) electrons. The highest BCUT2D eigenvalue weighted by Crippen LogP contribution is 2.26. The SMILES string of the molecule is C#CN(C(=O)C(CCSC)NC(=O)OC(C)(C)C)C(C(=O)NC(C)CCC)c1cccc(O)c1. The average Bonchev–Trinajstić information content (AvgIpc) is 2.73. The molecule has 0 aliphatic carbocycles. The molecule has 0 heterocycles. The van der Waals surface area contributed by atoms with Crippen molar-refractivity contribution >= 4 is 29.7 Å². The Morgan fingerprint density at radius 2 is 1.91 bits per heavy atom. The number of hydrogen-bond acceptors (Lipinski definition) is 6. The molecule has 3 unspecified atom stereocenters. The molecule has 0 fully saturated rings. The maximum absolute atomic E-state index is 13.6. The molecular formula is C25H37N3O5S. The number of alkyl carbamates (subject to hydrolysis) is 1. The van der Waals surface area contributed by atoms with E-state index in [-0.39, 0.29) is 18.2 Å². The van der Waals surface area contributed by atoms with Crippen LogP contribution in [0.2, 0.25) is 0 Å². The second-order valence-electron chi connectivity index (χ2n) is 9.01. The second-order valence-corrected chi connectivity index (χ2v) is 10.00. The Hall–Kier alpha value is -2.86. The molecule has 0 bridgehead atoms. The molecular weight excluding hydrogens is 454 g/mol. The molecule has 0 aromatic heterocycles. The van der Waals surface area contributed by atoms with Gasteiger partial charge in [0.25, 0.3) is 5.91 Å². The first kappa shape index (κ1) is 29.2. The van der Waals surface area contributed by atoms with Crippen molar-refractivity contribution in [2.45, 2.75) is 77.6 Å². The van der Waals surface area contributed by atoms with Crippen LogP contribution >= 0.6 is 11.8 Å². The maximum atomic E-state index is 13.6. The number of hydrogen-bond donors (Lipinski definition) is 3. The highest BCUT2D eigenvalue weighted by Gasteiger charge is 2.36. The number of carbonyl (C=O) groups excluding carboxylic acids is 3. The van der Waals surface area contributed by atoms with E-state index in [1.54, 1.807) is 32.9 Å². The van der Waals surface area contributed by atoms with Gasteiger partial charge in [-0.05, 0) is 70.2 Å². The molecule has 3 amide bonds. The third kappa shape index (κ3) is 9.56. The Balaban J connectivity index is 3.33. The van der Waals surface area contributed by atoms with Gasteiger partial charge in [0.15, 0.2) is 0 Å². The molecule has 1 rings (SSSR count). The lowest BCUT2D eigenvalue weighted by Gasteiger charge is -2.31. The summed E-state index contributed by atoms with van der Waals surface area (Å²) in [5.74, 6) is -0.582. The second kappa shape index (κ2) is 13.8. The number of nitrogens with zero attached hydrogens (tertiary/aromatic N) is 1. The van der Waals surface area contributed by atoms with Gasteiger partial charge in [-0.25, -0.2) is 4.79 Å². The highest BCUT2D eigenvalue weighted by molar-refractivity contribution is 7.98. The zero-order valence-corrected chi connectivity index (χ0v) is 21.7. The fourth-order valence-electron chi connectivity index (χ4n) is 3.32. The first-order chi connectivity index (χ1) is 15.9. The third-order valence-electron chi connectivity index (χ3n) is 4.78. The molecule has 0 aliphatic rings. The van der Waals surface area contributed by atoms with E-state index >= 15 is 0 Å². The van der Waals surface area contributed by atoms with Crippen molar-refractivity contribution in [1.29, 1.82) is 0 Å². The lowest BCUT2D eigenvalue weighted by Crippen LogP contribution is -2.52. The number of aromatic hydroxyl groups is 1. The van der Waals surface area contributed by atoms with E-state index < -0.39 is 35.6 Å². The minimum absolute atomic E-state index is 0.0628. The van der Waals surface area contributed by atoms with E-state index in [2.05, 4.69) is 16.7 Å². The van der Waals surface area contributed by atoms with E-state index in [1.807, 2.05) is 20.1 Å². The van der Waals surface area contributed by atoms with E-state index in [0.29, 0.717) is 11.3 Å². The lowest BCUT2D eigenvalue weighted by molar-refractivity contribution is -0.138. The van der Waals surface area contributed by atoms with Gasteiger partial charge < -0.3 is 20.5 Å². The first-order valence-electron chi connectivity index (χ1n) is 11.3. The van der Waals surface area contributed by atoms with E-state index in [4.69, 9.17) is 11.2 Å².